The summed E-state index contributed by atoms with van der Waals surface area (Å²) in [6.45, 7) is 4.22. The first kappa shape index (κ1) is 14.7. The van der Waals surface area contributed by atoms with E-state index >= 15 is 0 Å². The molecule has 1 saturated heterocycles. The van der Waals surface area contributed by atoms with Crippen LogP contribution in [0, 0.1) is 17.8 Å². The third kappa shape index (κ3) is 2.82. The van der Waals surface area contributed by atoms with Gasteiger partial charge in [0.1, 0.15) is 0 Å². The highest BCUT2D eigenvalue weighted by Gasteiger charge is 2.56. The number of nitrogens with one attached hydrogen (secondary N) is 1. The van der Waals surface area contributed by atoms with Gasteiger partial charge in [-0.15, -0.1) is 11.3 Å². The molecule has 3 aliphatic rings. The first-order chi connectivity index (χ1) is 10.8. The molecule has 22 heavy (non-hydrogen) atoms. The Bertz CT molecular complexity index is 503. The van der Waals surface area contributed by atoms with Crippen molar-refractivity contribution in [1.29, 1.82) is 0 Å². The minimum absolute atomic E-state index is 0.296. The van der Waals surface area contributed by atoms with Gasteiger partial charge in [0, 0.05) is 30.4 Å². The van der Waals surface area contributed by atoms with Gasteiger partial charge in [0.15, 0.2) is 0 Å². The van der Waals surface area contributed by atoms with E-state index in [0.29, 0.717) is 29.7 Å². The number of amides is 1. The van der Waals surface area contributed by atoms with Gasteiger partial charge in [0.25, 0.3) is 0 Å². The van der Waals surface area contributed by atoms with Gasteiger partial charge in [-0.2, -0.15) is 0 Å². The van der Waals surface area contributed by atoms with Crippen molar-refractivity contribution in [3.8, 4) is 0 Å². The van der Waals surface area contributed by atoms with E-state index in [1.165, 1.54) is 24.1 Å². The fraction of sp³-hybridized carbons (Fsp3) is 0.706. The van der Waals surface area contributed by atoms with Crippen molar-refractivity contribution in [2.45, 2.75) is 25.3 Å². The van der Waals surface area contributed by atoms with Crippen LogP contribution in [0.15, 0.2) is 17.5 Å². The molecule has 5 heteroatoms. The lowest BCUT2D eigenvalue weighted by Gasteiger charge is -2.34. The summed E-state index contributed by atoms with van der Waals surface area (Å²) in [6, 6.07) is 4.58. The molecular formula is C17H24N2O2S. The minimum Gasteiger partial charge on any atom is -0.379 e. The average molecular weight is 320 g/mol. The Labute approximate surface area is 135 Å². The third-order valence-corrected chi connectivity index (χ3v) is 6.51. The molecule has 3 fully saturated rings. The Hall–Kier alpha value is -0.910. The lowest BCUT2D eigenvalue weighted by atomic mass is 10.1. The molecule has 0 bridgehead atoms. The van der Waals surface area contributed by atoms with Gasteiger partial charge < -0.3 is 10.1 Å². The Balaban J connectivity index is 1.37. The number of thiophene rings is 1. The molecule has 1 aromatic rings. The number of nitrogens with zero attached hydrogens (tertiary/aromatic N) is 1. The van der Waals surface area contributed by atoms with Crippen LogP contribution >= 0.6 is 11.3 Å². The fourth-order valence-corrected chi connectivity index (χ4v) is 5.17. The first-order valence-corrected chi connectivity index (χ1v) is 9.35. The van der Waals surface area contributed by atoms with Gasteiger partial charge in [-0.05, 0) is 36.1 Å². The lowest BCUT2D eigenvalue weighted by molar-refractivity contribution is -0.123. The van der Waals surface area contributed by atoms with Crippen molar-refractivity contribution in [1.82, 2.24) is 10.2 Å². The van der Waals surface area contributed by atoms with E-state index in [2.05, 4.69) is 27.7 Å². The van der Waals surface area contributed by atoms with Gasteiger partial charge in [-0.1, -0.05) is 12.5 Å². The van der Waals surface area contributed by atoms with Crippen molar-refractivity contribution in [3.63, 3.8) is 0 Å². The van der Waals surface area contributed by atoms with Crippen LogP contribution in [0.5, 0.6) is 0 Å². The number of morpholine rings is 1. The Morgan fingerprint density at radius 2 is 2.14 bits per heavy atom. The molecule has 0 radical (unpaired) electrons. The van der Waals surface area contributed by atoms with Crippen LogP contribution in [0.1, 0.15) is 30.2 Å². The van der Waals surface area contributed by atoms with Crippen molar-refractivity contribution in [2.24, 2.45) is 17.8 Å². The molecule has 3 atom stereocenters. The summed E-state index contributed by atoms with van der Waals surface area (Å²) in [5.74, 6) is 2.01. The standard InChI is InChI=1S/C17H24N2O2S/c20-17(16-12-3-1-4-13(12)16)18-11-14(15-5-2-10-22-15)19-6-8-21-9-7-19/h2,5,10,12-14,16H,1,3-4,6-9,11H2,(H,18,20). The van der Waals surface area contributed by atoms with Gasteiger partial charge in [-0.3, -0.25) is 9.69 Å². The molecule has 1 aliphatic heterocycles. The minimum atomic E-state index is 0.296. The maximum absolute atomic E-state index is 12.4. The molecule has 120 valence electrons. The Morgan fingerprint density at radius 3 is 2.82 bits per heavy atom. The topological polar surface area (TPSA) is 41.6 Å². The van der Waals surface area contributed by atoms with E-state index < -0.39 is 0 Å². The van der Waals surface area contributed by atoms with Gasteiger partial charge >= 0.3 is 0 Å². The summed E-state index contributed by atoms with van der Waals surface area (Å²) in [5.41, 5.74) is 0. The van der Waals surface area contributed by atoms with E-state index in [1.54, 1.807) is 11.3 Å². The van der Waals surface area contributed by atoms with Crippen LogP contribution in [-0.2, 0) is 9.53 Å². The van der Waals surface area contributed by atoms with Crippen LogP contribution in [0.3, 0.4) is 0 Å². The zero-order chi connectivity index (χ0) is 14.9. The quantitative estimate of drug-likeness (QED) is 0.905. The highest BCUT2D eigenvalue weighted by Crippen LogP contribution is 2.57. The summed E-state index contributed by atoms with van der Waals surface area (Å²) in [4.78, 5) is 16.2. The summed E-state index contributed by atoms with van der Waals surface area (Å²) >= 11 is 1.78. The van der Waals surface area contributed by atoms with Crippen molar-refractivity contribution in [3.05, 3.63) is 22.4 Å². The summed E-state index contributed by atoms with van der Waals surface area (Å²) in [6.07, 6.45) is 3.85. The predicted octanol–water partition coefficient (Wildman–Crippen LogP) is 2.28. The summed E-state index contributed by atoms with van der Waals surface area (Å²) < 4.78 is 5.47. The maximum Gasteiger partial charge on any atom is 0.223 e. The molecule has 0 spiro atoms. The molecule has 4 nitrogen and oxygen atoms in total. The largest absolute Gasteiger partial charge is 0.379 e. The number of hydrogen-bond donors (Lipinski definition) is 1. The molecule has 2 saturated carbocycles. The number of carbonyl (C=O) groups excluding carboxylic acids is 1. The number of rotatable bonds is 5. The molecule has 3 unspecified atom stereocenters. The molecule has 2 heterocycles. The van der Waals surface area contributed by atoms with E-state index in [1.807, 2.05) is 0 Å². The van der Waals surface area contributed by atoms with E-state index in [-0.39, 0.29) is 0 Å². The van der Waals surface area contributed by atoms with Crippen LogP contribution in [0.25, 0.3) is 0 Å². The second kappa shape index (κ2) is 6.30. The lowest BCUT2D eigenvalue weighted by Crippen LogP contribution is -2.44. The van der Waals surface area contributed by atoms with Gasteiger partial charge in [0.2, 0.25) is 5.91 Å². The number of hydrogen-bond acceptors (Lipinski definition) is 4. The molecule has 4 rings (SSSR count). The van der Waals surface area contributed by atoms with E-state index in [4.69, 9.17) is 4.74 Å². The highest BCUT2D eigenvalue weighted by atomic mass is 32.1. The Morgan fingerprint density at radius 1 is 1.36 bits per heavy atom. The SMILES string of the molecule is O=C(NCC(c1cccs1)N1CCOCC1)C1C2CCCC21. The van der Waals surface area contributed by atoms with Crippen LogP contribution in [-0.4, -0.2) is 43.7 Å². The number of carbonyl (C=O) groups is 1. The zero-order valence-corrected chi connectivity index (χ0v) is 13.7. The van der Waals surface area contributed by atoms with Crippen LogP contribution < -0.4 is 5.32 Å². The smallest absolute Gasteiger partial charge is 0.223 e. The fourth-order valence-electron chi connectivity index (χ4n) is 4.31. The maximum atomic E-state index is 12.4. The summed E-state index contributed by atoms with van der Waals surface area (Å²) in [7, 11) is 0. The third-order valence-electron chi connectivity index (χ3n) is 5.54. The van der Waals surface area contributed by atoms with E-state index in [0.717, 1.165) is 32.8 Å². The average Bonchev–Trinajstić information content (AvgIpc) is 2.96. The second-order valence-corrected chi connectivity index (χ2v) is 7.69. The molecule has 1 amide bonds. The Kier molecular flexibility index (Phi) is 4.20. The zero-order valence-electron chi connectivity index (χ0n) is 12.9. The number of ether oxygens (including phenoxy) is 1. The van der Waals surface area contributed by atoms with Crippen LogP contribution in [0.4, 0.5) is 0 Å². The number of fused-ring (bicyclic) bond motifs is 1. The molecular weight excluding hydrogens is 296 g/mol. The van der Waals surface area contributed by atoms with Gasteiger partial charge in [0.05, 0.1) is 19.3 Å². The van der Waals surface area contributed by atoms with Gasteiger partial charge in [-0.25, -0.2) is 0 Å². The molecule has 2 aliphatic carbocycles. The summed E-state index contributed by atoms with van der Waals surface area (Å²) in [5, 5.41) is 5.37. The van der Waals surface area contributed by atoms with Crippen LogP contribution in [0.2, 0.25) is 0 Å². The molecule has 1 aromatic heterocycles. The van der Waals surface area contributed by atoms with E-state index in [9.17, 15) is 4.79 Å². The molecule has 1 N–H and O–H groups in total. The second-order valence-electron chi connectivity index (χ2n) is 6.71. The molecule has 0 aromatic carbocycles. The highest BCUT2D eigenvalue weighted by molar-refractivity contribution is 7.10. The first-order valence-electron chi connectivity index (χ1n) is 8.47. The van der Waals surface area contributed by atoms with Crippen molar-refractivity contribution < 1.29 is 9.53 Å². The normalized spacial score (nSPS) is 32.5. The van der Waals surface area contributed by atoms with Crippen molar-refractivity contribution >= 4 is 17.2 Å². The van der Waals surface area contributed by atoms with Crippen molar-refractivity contribution in [2.75, 3.05) is 32.8 Å². The predicted molar refractivity (Wildman–Crippen MR) is 86.8 cm³/mol. The monoisotopic (exact) mass is 320 g/mol.